The molecule has 0 fully saturated rings. The van der Waals surface area contributed by atoms with Crippen molar-refractivity contribution in [2.24, 2.45) is 7.05 Å². The van der Waals surface area contributed by atoms with Gasteiger partial charge in [-0.25, -0.2) is 9.48 Å². The van der Waals surface area contributed by atoms with Crippen LogP contribution in [0.1, 0.15) is 10.5 Å². The molecule has 0 atom stereocenters. The third kappa shape index (κ3) is 2.37. The molecule has 0 saturated heterocycles. The molecule has 8 heteroatoms. The molecule has 0 unspecified atom stereocenters. The Balaban J connectivity index is 2.14. The Labute approximate surface area is 124 Å². The van der Waals surface area contributed by atoms with Gasteiger partial charge in [0.15, 0.2) is 5.69 Å². The Bertz CT molecular complexity index is 913. The first-order chi connectivity index (χ1) is 10.6. The highest BCUT2D eigenvalue weighted by Gasteiger charge is 2.10. The lowest BCUT2D eigenvalue weighted by atomic mass is 10.1. The maximum Gasteiger partial charge on any atom is 0.356 e. The van der Waals surface area contributed by atoms with Crippen LogP contribution in [0.15, 0.2) is 47.4 Å². The number of hydrogen-bond donors (Lipinski definition) is 1. The van der Waals surface area contributed by atoms with Crippen LogP contribution < -0.4 is 5.56 Å². The standard InChI is InChI=1S/C14H11N5O3/c1-18-12(8-15-17-18)9-3-2-4-10(7-9)19-13(20)6-5-11(16-19)14(21)22/h2-8H,1H3,(H,21,22). The fourth-order valence-corrected chi connectivity index (χ4v) is 2.06. The highest BCUT2D eigenvalue weighted by molar-refractivity contribution is 5.84. The number of benzene rings is 1. The molecule has 0 spiro atoms. The van der Waals surface area contributed by atoms with E-state index in [0.717, 1.165) is 15.9 Å². The first kappa shape index (κ1) is 13.7. The van der Waals surface area contributed by atoms with Gasteiger partial charge < -0.3 is 5.11 Å². The summed E-state index contributed by atoms with van der Waals surface area (Å²) in [6.45, 7) is 0. The van der Waals surface area contributed by atoms with Crippen LogP contribution in [0.2, 0.25) is 0 Å². The minimum absolute atomic E-state index is 0.202. The van der Waals surface area contributed by atoms with E-state index in [1.165, 1.54) is 12.1 Å². The number of aromatic nitrogens is 5. The van der Waals surface area contributed by atoms with Crippen molar-refractivity contribution in [2.45, 2.75) is 0 Å². The van der Waals surface area contributed by atoms with E-state index in [9.17, 15) is 9.59 Å². The molecule has 22 heavy (non-hydrogen) atoms. The summed E-state index contributed by atoms with van der Waals surface area (Å²) in [4.78, 5) is 22.9. The third-order valence-corrected chi connectivity index (χ3v) is 3.12. The summed E-state index contributed by atoms with van der Waals surface area (Å²) in [6.07, 6.45) is 1.60. The SMILES string of the molecule is Cn1nncc1-c1cccc(-n2nc(C(=O)O)ccc2=O)c1. The Hall–Kier alpha value is -3.29. The van der Waals surface area contributed by atoms with E-state index in [1.807, 2.05) is 6.07 Å². The molecule has 1 N–H and O–H groups in total. The second-order valence-corrected chi connectivity index (χ2v) is 4.57. The number of carboxylic acids is 1. The number of rotatable bonds is 3. The molecule has 3 rings (SSSR count). The van der Waals surface area contributed by atoms with E-state index in [1.54, 1.807) is 36.1 Å². The van der Waals surface area contributed by atoms with Crippen molar-refractivity contribution in [1.29, 1.82) is 0 Å². The van der Waals surface area contributed by atoms with Gasteiger partial charge in [-0.2, -0.15) is 9.78 Å². The van der Waals surface area contributed by atoms with E-state index in [2.05, 4.69) is 15.4 Å². The lowest BCUT2D eigenvalue weighted by Crippen LogP contribution is -2.22. The molecule has 1 aromatic carbocycles. The van der Waals surface area contributed by atoms with Gasteiger partial charge in [0.05, 0.1) is 17.6 Å². The third-order valence-electron chi connectivity index (χ3n) is 3.12. The van der Waals surface area contributed by atoms with Crippen LogP contribution in [0.4, 0.5) is 0 Å². The Morgan fingerprint density at radius 2 is 2.05 bits per heavy atom. The van der Waals surface area contributed by atoms with Crippen molar-refractivity contribution in [2.75, 3.05) is 0 Å². The van der Waals surface area contributed by atoms with Gasteiger partial charge >= 0.3 is 5.97 Å². The minimum atomic E-state index is -1.19. The fourth-order valence-electron chi connectivity index (χ4n) is 2.06. The summed E-state index contributed by atoms with van der Waals surface area (Å²) < 4.78 is 2.65. The number of carbonyl (C=O) groups is 1. The quantitative estimate of drug-likeness (QED) is 0.764. The highest BCUT2D eigenvalue weighted by Crippen LogP contribution is 2.19. The van der Waals surface area contributed by atoms with E-state index in [-0.39, 0.29) is 5.69 Å². The summed E-state index contributed by atoms with van der Waals surface area (Å²) in [7, 11) is 1.75. The van der Waals surface area contributed by atoms with Crippen molar-refractivity contribution >= 4 is 5.97 Å². The van der Waals surface area contributed by atoms with Crippen LogP contribution in [0.3, 0.4) is 0 Å². The second kappa shape index (κ2) is 5.24. The van der Waals surface area contributed by atoms with E-state index in [4.69, 9.17) is 5.11 Å². The van der Waals surface area contributed by atoms with Crippen LogP contribution in [0.25, 0.3) is 16.9 Å². The van der Waals surface area contributed by atoms with Crippen LogP contribution in [-0.4, -0.2) is 35.9 Å². The summed E-state index contributed by atoms with van der Waals surface area (Å²) in [5, 5.41) is 20.5. The smallest absolute Gasteiger partial charge is 0.356 e. The highest BCUT2D eigenvalue weighted by atomic mass is 16.4. The van der Waals surface area contributed by atoms with Gasteiger partial charge in [-0.3, -0.25) is 4.79 Å². The molecule has 3 aromatic rings. The van der Waals surface area contributed by atoms with Crippen molar-refractivity contribution in [3.05, 3.63) is 58.6 Å². The maximum absolute atomic E-state index is 11.9. The molecule has 0 aliphatic heterocycles. The zero-order valence-electron chi connectivity index (χ0n) is 11.5. The number of nitrogens with zero attached hydrogens (tertiary/aromatic N) is 5. The average molecular weight is 297 g/mol. The summed E-state index contributed by atoms with van der Waals surface area (Å²) in [5.41, 5.74) is 1.41. The number of aromatic carboxylic acids is 1. The zero-order chi connectivity index (χ0) is 15.7. The number of aryl methyl sites for hydroxylation is 1. The monoisotopic (exact) mass is 297 g/mol. The van der Waals surface area contributed by atoms with Crippen molar-refractivity contribution in [3.8, 4) is 16.9 Å². The van der Waals surface area contributed by atoms with Gasteiger partial charge in [-0.15, -0.1) is 5.10 Å². The molecule has 0 bridgehead atoms. The van der Waals surface area contributed by atoms with Gasteiger partial charge in [0.25, 0.3) is 5.56 Å². The lowest BCUT2D eigenvalue weighted by Gasteiger charge is -2.07. The number of carboxylic acid groups (broad SMARTS) is 1. The molecule has 0 aliphatic carbocycles. The Morgan fingerprint density at radius 1 is 1.23 bits per heavy atom. The van der Waals surface area contributed by atoms with E-state index < -0.39 is 11.5 Å². The predicted molar refractivity (Wildman–Crippen MR) is 76.8 cm³/mol. The summed E-state index contributed by atoms with van der Waals surface area (Å²) in [5.74, 6) is -1.19. The van der Waals surface area contributed by atoms with Crippen LogP contribution >= 0.6 is 0 Å². The van der Waals surface area contributed by atoms with Crippen molar-refractivity contribution in [1.82, 2.24) is 24.8 Å². The molecule has 2 heterocycles. The largest absolute Gasteiger partial charge is 0.476 e. The average Bonchev–Trinajstić information content (AvgIpc) is 2.94. The van der Waals surface area contributed by atoms with Gasteiger partial charge in [0.1, 0.15) is 0 Å². The molecular weight excluding hydrogens is 286 g/mol. The number of hydrogen-bond acceptors (Lipinski definition) is 5. The Morgan fingerprint density at radius 3 is 2.73 bits per heavy atom. The predicted octanol–water partition coefficient (Wildman–Crippen LogP) is 0.726. The Kier molecular flexibility index (Phi) is 3.26. The molecule has 110 valence electrons. The maximum atomic E-state index is 11.9. The van der Waals surface area contributed by atoms with Crippen LogP contribution in [0.5, 0.6) is 0 Å². The summed E-state index contributed by atoms with van der Waals surface area (Å²) >= 11 is 0. The zero-order valence-corrected chi connectivity index (χ0v) is 11.5. The van der Waals surface area contributed by atoms with Gasteiger partial charge in [0, 0.05) is 18.7 Å². The molecule has 0 aliphatic rings. The topological polar surface area (TPSA) is 103 Å². The molecule has 0 saturated carbocycles. The van der Waals surface area contributed by atoms with E-state index >= 15 is 0 Å². The molecular formula is C14H11N5O3. The van der Waals surface area contributed by atoms with Crippen LogP contribution in [0, 0.1) is 0 Å². The molecule has 0 amide bonds. The fraction of sp³-hybridized carbons (Fsp3) is 0.0714. The van der Waals surface area contributed by atoms with Gasteiger partial charge in [0.2, 0.25) is 0 Å². The van der Waals surface area contributed by atoms with Crippen molar-refractivity contribution in [3.63, 3.8) is 0 Å². The molecule has 2 aromatic heterocycles. The summed E-state index contributed by atoms with van der Waals surface area (Å²) in [6, 6.07) is 9.34. The molecule has 0 radical (unpaired) electrons. The normalized spacial score (nSPS) is 10.6. The van der Waals surface area contributed by atoms with Gasteiger partial charge in [-0.1, -0.05) is 17.3 Å². The van der Waals surface area contributed by atoms with Gasteiger partial charge in [-0.05, 0) is 18.2 Å². The minimum Gasteiger partial charge on any atom is -0.476 e. The van der Waals surface area contributed by atoms with Crippen molar-refractivity contribution < 1.29 is 9.90 Å². The second-order valence-electron chi connectivity index (χ2n) is 4.57. The van der Waals surface area contributed by atoms with E-state index in [0.29, 0.717) is 5.69 Å². The lowest BCUT2D eigenvalue weighted by molar-refractivity contribution is 0.0688. The van der Waals surface area contributed by atoms with Crippen LogP contribution in [-0.2, 0) is 7.05 Å². The molecule has 8 nitrogen and oxygen atoms in total. The first-order valence-electron chi connectivity index (χ1n) is 6.35. The first-order valence-corrected chi connectivity index (χ1v) is 6.35.